The van der Waals surface area contributed by atoms with Crippen molar-refractivity contribution in [2.75, 3.05) is 25.7 Å². The number of nitrogens with zero attached hydrogens (tertiary/aromatic N) is 1. The van der Waals surface area contributed by atoms with Gasteiger partial charge in [0, 0.05) is 25.3 Å². The third-order valence-electron chi connectivity index (χ3n) is 2.96. The maximum atomic E-state index is 12.4. The molecule has 0 radical (unpaired) electrons. The van der Waals surface area contributed by atoms with Crippen molar-refractivity contribution < 1.29 is 9.90 Å². The van der Waals surface area contributed by atoms with Crippen molar-refractivity contribution in [2.24, 2.45) is 0 Å². The molecule has 1 heterocycles. The summed E-state index contributed by atoms with van der Waals surface area (Å²) in [6.45, 7) is 4.08. The summed E-state index contributed by atoms with van der Waals surface area (Å²) in [6, 6.07) is 2.11. The van der Waals surface area contributed by atoms with Gasteiger partial charge < -0.3 is 10.0 Å². The molecule has 3 nitrogen and oxygen atoms in total. The van der Waals surface area contributed by atoms with Gasteiger partial charge in [-0.1, -0.05) is 11.8 Å². The van der Waals surface area contributed by atoms with Crippen LogP contribution in [0.4, 0.5) is 0 Å². The van der Waals surface area contributed by atoms with Crippen molar-refractivity contribution >= 4 is 29.0 Å². The first-order chi connectivity index (χ1) is 9.51. The van der Waals surface area contributed by atoms with Crippen LogP contribution in [-0.4, -0.2) is 47.6 Å². The number of hydrogen-bond acceptors (Lipinski definition) is 4. The quantitative estimate of drug-likeness (QED) is 0.850. The summed E-state index contributed by atoms with van der Waals surface area (Å²) >= 11 is 3.16. The lowest BCUT2D eigenvalue weighted by Gasteiger charge is -2.23. The van der Waals surface area contributed by atoms with Crippen LogP contribution in [0.2, 0.25) is 0 Å². The first-order valence-corrected chi connectivity index (χ1v) is 8.68. The second kappa shape index (κ2) is 8.35. The highest BCUT2D eigenvalue weighted by atomic mass is 32.2. The van der Waals surface area contributed by atoms with E-state index in [0.29, 0.717) is 6.42 Å². The molecule has 0 fully saturated rings. The van der Waals surface area contributed by atoms with Gasteiger partial charge in [-0.05, 0) is 31.7 Å². The largest absolute Gasteiger partial charge is 0.395 e. The van der Waals surface area contributed by atoms with E-state index >= 15 is 0 Å². The summed E-state index contributed by atoms with van der Waals surface area (Å²) in [4.78, 5) is 15.8. The fourth-order valence-corrected chi connectivity index (χ4v) is 3.37. The van der Waals surface area contributed by atoms with Crippen molar-refractivity contribution in [3.8, 4) is 11.8 Å². The van der Waals surface area contributed by atoms with E-state index in [2.05, 4.69) is 18.8 Å². The van der Waals surface area contributed by atoms with Crippen LogP contribution in [0.3, 0.4) is 0 Å². The Hall–Kier alpha value is -0.960. The molecule has 0 aliphatic heterocycles. The van der Waals surface area contributed by atoms with Gasteiger partial charge in [0.2, 0.25) is 0 Å². The lowest BCUT2D eigenvalue weighted by molar-refractivity contribution is 0.0762. The predicted octanol–water partition coefficient (Wildman–Crippen LogP) is 2.61. The van der Waals surface area contributed by atoms with Crippen molar-refractivity contribution in [1.82, 2.24) is 4.90 Å². The highest BCUT2D eigenvalue weighted by Gasteiger charge is 2.19. The zero-order valence-electron chi connectivity index (χ0n) is 12.4. The van der Waals surface area contributed by atoms with Crippen molar-refractivity contribution in [3.05, 3.63) is 21.4 Å². The summed E-state index contributed by atoms with van der Waals surface area (Å²) < 4.78 is 0. The Morgan fingerprint density at radius 3 is 2.90 bits per heavy atom. The lowest BCUT2D eigenvalue weighted by atomic mass is 10.2. The number of carbonyl (C=O) groups excluding carboxylic acids is 1. The van der Waals surface area contributed by atoms with Gasteiger partial charge in [0.15, 0.2) is 0 Å². The van der Waals surface area contributed by atoms with Crippen LogP contribution in [-0.2, 0) is 0 Å². The third-order valence-corrected chi connectivity index (χ3v) is 4.91. The van der Waals surface area contributed by atoms with Crippen LogP contribution in [0.15, 0.2) is 6.07 Å². The van der Waals surface area contributed by atoms with E-state index < -0.39 is 0 Å². The molecular formula is C15H21NO2S2. The standard InChI is InChI=1S/C15H21NO2S2/c1-11-9-14(20-13(11)7-5-6-8-17)15(18)16(3)12(2)10-19-4/h9,12,17H,6,8,10H2,1-4H3. The summed E-state index contributed by atoms with van der Waals surface area (Å²) in [7, 11) is 1.84. The highest BCUT2D eigenvalue weighted by Crippen LogP contribution is 2.23. The average molecular weight is 311 g/mol. The second-order valence-corrected chi connectivity index (χ2v) is 6.58. The van der Waals surface area contributed by atoms with Gasteiger partial charge in [0.25, 0.3) is 5.91 Å². The van der Waals surface area contributed by atoms with Gasteiger partial charge in [-0.15, -0.1) is 11.3 Å². The number of aliphatic hydroxyl groups excluding tert-OH is 1. The van der Waals surface area contributed by atoms with Crippen molar-refractivity contribution in [3.63, 3.8) is 0 Å². The molecule has 0 aliphatic carbocycles. The molecule has 20 heavy (non-hydrogen) atoms. The van der Waals surface area contributed by atoms with Crippen LogP contribution in [0.1, 0.15) is 33.5 Å². The minimum Gasteiger partial charge on any atom is -0.395 e. The Kier molecular flexibility index (Phi) is 7.14. The molecule has 5 heteroatoms. The van der Waals surface area contributed by atoms with Crippen LogP contribution < -0.4 is 0 Å². The first kappa shape index (κ1) is 17.1. The van der Waals surface area contributed by atoms with Crippen LogP contribution in [0.25, 0.3) is 0 Å². The molecule has 0 bridgehead atoms. The fourth-order valence-electron chi connectivity index (χ4n) is 1.64. The second-order valence-electron chi connectivity index (χ2n) is 4.62. The highest BCUT2D eigenvalue weighted by molar-refractivity contribution is 7.98. The molecule has 1 aromatic heterocycles. The zero-order valence-corrected chi connectivity index (χ0v) is 14.0. The minimum absolute atomic E-state index is 0.0508. The molecule has 0 saturated carbocycles. The SMILES string of the molecule is CSCC(C)N(C)C(=O)c1cc(C)c(C#CCCO)s1. The lowest BCUT2D eigenvalue weighted by Crippen LogP contribution is -2.36. The smallest absolute Gasteiger partial charge is 0.263 e. The number of carbonyl (C=O) groups is 1. The maximum Gasteiger partial charge on any atom is 0.263 e. The van der Waals surface area contributed by atoms with E-state index in [-0.39, 0.29) is 18.6 Å². The first-order valence-electron chi connectivity index (χ1n) is 6.47. The van der Waals surface area contributed by atoms with Crippen molar-refractivity contribution in [1.29, 1.82) is 0 Å². The van der Waals surface area contributed by atoms with E-state index in [0.717, 1.165) is 21.1 Å². The Morgan fingerprint density at radius 1 is 1.60 bits per heavy atom. The Morgan fingerprint density at radius 2 is 2.30 bits per heavy atom. The van der Waals surface area contributed by atoms with Gasteiger partial charge in [-0.2, -0.15) is 11.8 Å². The Bertz CT molecular complexity index is 514. The summed E-state index contributed by atoms with van der Waals surface area (Å²) in [5.74, 6) is 6.89. The van der Waals surface area contributed by atoms with E-state index in [1.807, 2.05) is 26.3 Å². The zero-order chi connectivity index (χ0) is 15.1. The molecule has 1 N–H and O–H groups in total. The van der Waals surface area contributed by atoms with Gasteiger partial charge >= 0.3 is 0 Å². The summed E-state index contributed by atoms with van der Waals surface area (Å²) in [6.07, 6.45) is 2.50. The van der Waals surface area contributed by atoms with Crippen molar-refractivity contribution in [2.45, 2.75) is 26.3 Å². The summed E-state index contributed by atoms with van der Waals surface area (Å²) in [5.41, 5.74) is 1.02. The van der Waals surface area contributed by atoms with E-state index in [1.54, 1.807) is 16.7 Å². The predicted molar refractivity (Wildman–Crippen MR) is 87.6 cm³/mol. The van der Waals surface area contributed by atoms with Crippen LogP contribution in [0.5, 0.6) is 0 Å². The summed E-state index contributed by atoms with van der Waals surface area (Å²) in [5, 5.41) is 8.73. The van der Waals surface area contributed by atoms with Crippen LogP contribution >= 0.6 is 23.1 Å². The number of aryl methyl sites for hydroxylation is 1. The molecule has 0 spiro atoms. The van der Waals surface area contributed by atoms with Gasteiger partial charge in [0.05, 0.1) is 16.4 Å². The van der Waals surface area contributed by atoms with E-state index in [9.17, 15) is 4.79 Å². The average Bonchev–Trinajstić information content (AvgIpc) is 2.79. The Labute approximate surface area is 129 Å². The molecule has 1 aromatic rings. The molecular weight excluding hydrogens is 290 g/mol. The number of hydrogen-bond donors (Lipinski definition) is 1. The van der Waals surface area contributed by atoms with Gasteiger partial charge in [-0.3, -0.25) is 4.79 Å². The minimum atomic E-state index is 0.0508. The molecule has 0 aliphatic rings. The number of thioether (sulfide) groups is 1. The number of rotatable bonds is 5. The van der Waals surface area contributed by atoms with E-state index in [4.69, 9.17) is 5.11 Å². The van der Waals surface area contributed by atoms with E-state index in [1.165, 1.54) is 11.3 Å². The van der Waals surface area contributed by atoms with Gasteiger partial charge in [0.1, 0.15) is 0 Å². The monoisotopic (exact) mass is 311 g/mol. The number of aliphatic hydroxyl groups is 1. The number of thiophene rings is 1. The topological polar surface area (TPSA) is 40.5 Å². The molecule has 0 saturated heterocycles. The fraction of sp³-hybridized carbons (Fsp3) is 0.533. The molecule has 1 atom stereocenters. The number of amides is 1. The molecule has 1 unspecified atom stereocenters. The molecule has 1 amide bonds. The third kappa shape index (κ3) is 4.55. The Balaban J connectivity index is 2.85. The van der Waals surface area contributed by atoms with Gasteiger partial charge in [-0.25, -0.2) is 0 Å². The molecule has 0 aromatic carbocycles. The molecule has 1 rings (SSSR count). The normalized spacial score (nSPS) is 11.7. The maximum absolute atomic E-state index is 12.4. The molecule has 110 valence electrons. The van der Waals surface area contributed by atoms with Crippen LogP contribution in [0, 0.1) is 18.8 Å².